The van der Waals surface area contributed by atoms with E-state index < -0.39 is 0 Å². The molecular formula is C21H31IN4O2. The summed E-state index contributed by atoms with van der Waals surface area (Å²) < 4.78 is 10.7. The van der Waals surface area contributed by atoms with Crippen molar-refractivity contribution in [3.8, 4) is 11.6 Å². The molecule has 0 fully saturated rings. The van der Waals surface area contributed by atoms with E-state index in [0.717, 1.165) is 43.2 Å². The van der Waals surface area contributed by atoms with E-state index in [2.05, 4.69) is 46.6 Å². The summed E-state index contributed by atoms with van der Waals surface area (Å²) in [5.74, 6) is 2.34. The second-order valence-electron chi connectivity index (χ2n) is 6.07. The number of hydrogen-bond acceptors (Lipinski definition) is 4. The van der Waals surface area contributed by atoms with Gasteiger partial charge in [-0.3, -0.25) is 0 Å². The Kier molecular flexibility index (Phi) is 12.0. The van der Waals surface area contributed by atoms with Gasteiger partial charge in [-0.2, -0.15) is 0 Å². The summed E-state index contributed by atoms with van der Waals surface area (Å²) in [5.41, 5.74) is 2.30. The second kappa shape index (κ2) is 14.0. The summed E-state index contributed by atoms with van der Waals surface area (Å²) >= 11 is 0. The minimum Gasteiger partial charge on any atom is -0.497 e. The van der Waals surface area contributed by atoms with E-state index in [1.807, 2.05) is 30.5 Å². The number of guanidine groups is 1. The lowest BCUT2D eigenvalue weighted by molar-refractivity contribution is 0.305. The molecule has 0 saturated carbocycles. The Morgan fingerprint density at radius 1 is 1.04 bits per heavy atom. The molecule has 1 heterocycles. The van der Waals surface area contributed by atoms with Gasteiger partial charge in [0, 0.05) is 25.4 Å². The van der Waals surface area contributed by atoms with Crippen molar-refractivity contribution in [2.24, 2.45) is 4.99 Å². The van der Waals surface area contributed by atoms with Crippen LogP contribution in [-0.2, 0) is 13.0 Å². The number of aliphatic imine (C=N–C) groups is 1. The number of halogens is 1. The summed E-state index contributed by atoms with van der Waals surface area (Å²) in [6.07, 6.45) is 3.71. The Labute approximate surface area is 185 Å². The maximum atomic E-state index is 5.50. The molecule has 2 rings (SSSR count). The van der Waals surface area contributed by atoms with Crippen LogP contribution in [-0.4, -0.2) is 37.7 Å². The number of rotatable bonds is 10. The number of ether oxygens (including phenoxy) is 2. The molecular weight excluding hydrogens is 467 g/mol. The predicted molar refractivity (Wildman–Crippen MR) is 125 cm³/mol. The molecule has 0 atom stereocenters. The van der Waals surface area contributed by atoms with E-state index in [9.17, 15) is 0 Å². The van der Waals surface area contributed by atoms with Crippen molar-refractivity contribution in [3.05, 3.63) is 53.7 Å². The van der Waals surface area contributed by atoms with Crippen LogP contribution in [0.1, 0.15) is 31.4 Å². The molecule has 0 radical (unpaired) electrons. The molecule has 0 aliphatic rings. The van der Waals surface area contributed by atoms with E-state index in [1.54, 1.807) is 7.11 Å². The zero-order valence-electron chi connectivity index (χ0n) is 16.9. The highest BCUT2D eigenvalue weighted by Gasteiger charge is 2.00. The molecule has 2 N–H and O–H groups in total. The number of nitrogens with one attached hydrogen (secondary N) is 2. The van der Waals surface area contributed by atoms with Crippen LogP contribution < -0.4 is 20.1 Å². The van der Waals surface area contributed by atoms with E-state index in [4.69, 9.17) is 9.47 Å². The summed E-state index contributed by atoms with van der Waals surface area (Å²) in [6, 6.07) is 12.0. The van der Waals surface area contributed by atoms with Crippen LogP contribution in [0.15, 0.2) is 47.6 Å². The standard InChI is InChI=1S/C21H30N4O2.HI/c1-4-14-27-20-11-8-18(15-24-20)16-25-21(22-5-2)23-13-12-17-6-9-19(26-3)10-7-17;/h6-11,15H,4-5,12-14,16H2,1-3H3,(H2,22,23,25);1H. The Hall–Kier alpha value is -2.03. The topological polar surface area (TPSA) is 67.8 Å². The van der Waals surface area contributed by atoms with Crippen molar-refractivity contribution in [3.63, 3.8) is 0 Å². The molecule has 0 bridgehead atoms. The minimum absolute atomic E-state index is 0. The minimum atomic E-state index is 0. The van der Waals surface area contributed by atoms with E-state index in [0.29, 0.717) is 19.0 Å². The lowest BCUT2D eigenvalue weighted by Gasteiger charge is -2.11. The Morgan fingerprint density at radius 3 is 2.39 bits per heavy atom. The van der Waals surface area contributed by atoms with Gasteiger partial charge in [-0.1, -0.05) is 25.1 Å². The summed E-state index contributed by atoms with van der Waals surface area (Å²) in [7, 11) is 1.68. The zero-order chi connectivity index (χ0) is 19.3. The monoisotopic (exact) mass is 498 g/mol. The van der Waals surface area contributed by atoms with Crippen LogP contribution >= 0.6 is 24.0 Å². The summed E-state index contributed by atoms with van der Waals surface area (Å²) in [5, 5.41) is 6.64. The molecule has 2 aromatic rings. The molecule has 0 aliphatic heterocycles. The van der Waals surface area contributed by atoms with Crippen molar-refractivity contribution in [2.45, 2.75) is 33.2 Å². The first-order valence-electron chi connectivity index (χ1n) is 9.48. The van der Waals surface area contributed by atoms with Crippen molar-refractivity contribution < 1.29 is 9.47 Å². The highest BCUT2D eigenvalue weighted by Crippen LogP contribution is 2.11. The molecule has 28 heavy (non-hydrogen) atoms. The van der Waals surface area contributed by atoms with Gasteiger partial charge in [0.1, 0.15) is 5.75 Å². The molecule has 0 spiro atoms. The maximum Gasteiger partial charge on any atom is 0.213 e. The van der Waals surface area contributed by atoms with Gasteiger partial charge < -0.3 is 20.1 Å². The van der Waals surface area contributed by atoms with Gasteiger partial charge in [0.25, 0.3) is 0 Å². The van der Waals surface area contributed by atoms with Crippen LogP contribution in [0.4, 0.5) is 0 Å². The third-order valence-corrected chi connectivity index (χ3v) is 3.88. The van der Waals surface area contributed by atoms with Gasteiger partial charge >= 0.3 is 0 Å². The maximum absolute atomic E-state index is 5.50. The summed E-state index contributed by atoms with van der Waals surface area (Å²) in [4.78, 5) is 8.94. The number of methoxy groups -OCH3 is 1. The van der Waals surface area contributed by atoms with Gasteiger partial charge in [0.2, 0.25) is 5.88 Å². The molecule has 0 saturated heterocycles. The van der Waals surface area contributed by atoms with Gasteiger partial charge in [-0.15, -0.1) is 24.0 Å². The number of nitrogens with zero attached hydrogens (tertiary/aromatic N) is 2. The van der Waals surface area contributed by atoms with Crippen molar-refractivity contribution in [2.75, 3.05) is 26.8 Å². The van der Waals surface area contributed by atoms with Crippen LogP contribution in [0.5, 0.6) is 11.6 Å². The Morgan fingerprint density at radius 2 is 1.79 bits per heavy atom. The molecule has 0 unspecified atom stereocenters. The van der Waals surface area contributed by atoms with Crippen molar-refractivity contribution >= 4 is 29.9 Å². The molecule has 7 heteroatoms. The van der Waals surface area contributed by atoms with E-state index in [1.165, 1.54) is 5.56 Å². The third-order valence-electron chi connectivity index (χ3n) is 3.88. The first kappa shape index (κ1) is 24.0. The number of hydrogen-bond donors (Lipinski definition) is 2. The first-order chi connectivity index (χ1) is 13.2. The highest BCUT2D eigenvalue weighted by molar-refractivity contribution is 14.0. The fourth-order valence-electron chi connectivity index (χ4n) is 2.43. The zero-order valence-corrected chi connectivity index (χ0v) is 19.2. The van der Waals surface area contributed by atoms with Crippen LogP contribution in [0, 0.1) is 0 Å². The lowest BCUT2D eigenvalue weighted by atomic mass is 10.1. The average molecular weight is 498 g/mol. The smallest absolute Gasteiger partial charge is 0.213 e. The van der Waals surface area contributed by atoms with Crippen LogP contribution in [0.25, 0.3) is 0 Å². The quantitative estimate of drug-likeness (QED) is 0.297. The van der Waals surface area contributed by atoms with Crippen LogP contribution in [0.2, 0.25) is 0 Å². The molecule has 6 nitrogen and oxygen atoms in total. The van der Waals surface area contributed by atoms with E-state index >= 15 is 0 Å². The molecule has 1 aromatic heterocycles. The van der Waals surface area contributed by atoms with Gasteiger partial charge in [0.15, 0.2) is 5.96 Å². The van der Waals surface area contributed by atoms with Gasteiger partial charge in [0.05, 0.1) is 20.3 Å². The van der Waals surface area contributed by atoms with Crippen molar-refractivity contribution in [1.82, 2.24) is 15.6 Å². The second-order valence-corrected chi connectivity index (χ2v) is 6.07. The highest BCUT2D eigenvalue weighted by atomic mass is 127. The lowest BCUT2D eigenvalue weighted by Crippen LogP contribution is -2.38. The molecule has 0 aliphatic carbocycles. The number of pyridine rings is 1. The predicted octanol–water partition coefficient (Wildman–Crippen LogP) is 3.79. The van der Waals surface area contributed by atoms with E-state index in [-0.39, 0.29) is 24.0 Å². The Balaban J connectivity index is 0.00000392. The fourth-order valence-corrected chi connectivity index (χ4v) is 2.43. The number of aromatic nitrogens is 1. The largest absolute Gasteiger partial charge is 0.497 e. The molecule has 1 aromatic carbocycles. The van der Waals surface area contributed by atoms with Gasteiger partial charge in [-0.25, -0.2) is 9.98 Å². The number of benzene rings is 1. The first-order valence-corrected chi connectivity index (χ1v) is 9.48. The van der Waals surface area contributed by atoms with Gasteiger partial charge in [-0.05, 0) is 43.0 Å². The normalized spacial score (nSPS) is 10.8. The van der Waals surface area contributed by atoms with Crippen LogP contribution in [0.3, 0.4) is 0 Å². The average Bonchev–Trinajstić information content (AvgIpc) is 2.71. The molecule has 0 amide bonds. The summed E-state index contributed by atoms with van der Waals surface area (Å²) in [6.45, 7) is 7.01. The fraction of sp³-hybridized carbons (Fsp3) is 0.429. The third kappa shape index (κ3) is 8.77. The Bertz CT molecular complexity index is 691. The van der Waals surface area contributed by atoms with Crippen molar-refractivity contribution in [1.29, 1.82) is 0 Å². The SMILES string of the molecule is CCCOc1ccc(CN=C(NCC)NCCc2ccc(OC)cc2)cn1.I. The molecule has 154 valence electrons.